The summed E-state index contributed by atoms with van der Waals surface area (Å²) in [7, 11) is -2.36. The minimum absolute atomic E-state index is 0.216. The summed E-state index contributed by atoms with van der Waals surface area (Å²) in [6.07, 6.45) is 1.67. The van der Waals surface area contributed by atoms with Gasteiger partial charge in [-0.3, -0.25) is 4.79 Å². The highest BCUT2D eigenvalue weighted by Gasteiger charge is 2.10. The van der Waals surface area contributed by atoms with Crippen LogP contribution in [0.25, 0.3) is 0 Å². The molecule has 0 bridgehead atoms. The fourth-order valence-corrected chi connectivity index (χ4v) is 2.01. The Morgan fingerprint density at radius 2 is 2.00 bits per heavy atom. The van der Waals surface area contributed by atoms with Crippen molar-refractivity contribution in [3.63, 3.8) is 0 Å². The van der Waals surface area contributed by atoms with Crippen LogP contribution in [0, 0.1) is 0 Å². The van der Waals surface area contributed by atoms with Crippen molar-refractivity contribution in [2.45, 2.75) is 6.92 Å². The van der Waals surface area contributed by atoms with E-state index >= 15 is 0 Å². The quantitative estimate of drug-likeness (QED) is 0.479. The van der Waals surface area contributed by atoms with Gasteiger partial charge in [-0.2, -0.15) is 8.42 Å². The fourth-order valence-electron chi connectivity index (χ4n) is 0.499. The Bertz CT molecular complexity index is 303. The largest absolute Gasteiger partial charge is 0.367 e. The average molecular weight is 225 g/mol. The van der Waals surface area contributed by atoms with Gasteiger partial charge in [0.1, 0.15) is 0 Å². The van der Waals surface area contributed by atoms with Crippen LogP contribution >= 0.6 is 11.8 Å². The molecule has 0 aliphatic rings. The first kappa shape index (κ1) is 12.2. The highest BCUT2D eigenvalue weighted by molar-refractivity contribution is 8.13. The van der Waals surface area contributed by atoms with Gasteiger partial charge in [-0.25, -0.2) is 4.72 Å². The van der Waals surface area contributed by atoms with E-state index in [-0.39, 0.29) is 5.17 Å². The Balaban J connectivity index is 4.66. The predicted molar refractivity (Wildman–Crippen MR) is 52.7 cm³/mol. The lowest BCUT2D eigenvalue weighted by molar-refractivity contribution is -0.117. The van der Waals surface area contributed by atoms with Crippen LogP contribution in [0.5, 0.6) is 0 Å². The van der Waals surface area contributed by atoms with Gasteiger partial charge in [-0.15, -0.1) is 4.40 Å². The molecule has 0 heterocycles. The summed E-state index contributed by atoms with van der Waals surface area (Å²) < 4.78 is 27.0. The molecule has 0 aromatic rings. The standard InChI is InChI=1S/C5H11N3O3S2/c1-4(9)7-13(10,11)8-5(6-2)12-3/h1-3H3,(H,6,8)(H,7,9). The monoisotopic (exact) mass is 225 g/mol. The molecule has 0 fully saturated rings. The summed E-state index contributed by atoms with van der Waals surface area (Å²) in [6.45, 7) is 1.10. The highest BCUT2D eigenvalue weighted by Crippen LogP contribution is 1.97. The molecule has 0 aliphatic heterocycles. The van der Waals surface area contributed by atoms with E-state index in [1.807, 2.05) is 0 Å². The number of carbonyl (C=O) groups is 1. The van der Waals surface area contributed by atoms with Crippen LogP contribution in [0.2, 0.25) is 0 Å². The molecular weight excluding hydrogens is 214 g/mol. The van der Waals surface area contributed by atoms with E-state index in [4.69, 9.17) is 0 Å². The molecule has 0 rings (SSSR count). The lowest BCUT2D eigenvalue weighted by Crippen LogP contribution is -2.28. The Hall–Kier alpha value is -0.760. The van der Waals surface area contributed by atoms with E-state index in [2.05, 4.69) is 9.71 Å². The summed E-state index contributed by atoms with van der Waals surface area (Å²) in [4.78, 5) is 10.4. The molecule has 2 N–H and O–H groups in total. The van der Waals surface area contributed by atoms with E-state index in [1.165, 1.54) is 0 Å². The number of hydrogen-bond acceptors (Lipinski definition) is 4. The zero-order valence-corrected chi connectivity index (χ0v) is 9.12. The van der Waals surface area contributed by atoms with E-state index in [9.17, 15) is 13.2 Å². The predicted octanol–water partition coefficient (Wildman–Crippen LogP) is -0.694. The second kappa shape index (κ2) is 5.07. The third-order valence-corrected chi connectivity index (χ3v) is 2.65. The summed E-state index contributed by atoms with van der Waals surface area (Å²) in [6, 6.07) is 0. The summed E-state index contributed by atoms with van der Waals surface area (Å²) in [5.41, 5.74) is 0. The first-order chi connectivity index (χ1) is 5.91. The van der Waals surface area contributed by atoms with Crippen molar-refractivity contribution < 1.29 is 13.2 Å². The van der Waals surface area contributed by atoms with Crippen LogP contribution in [0.3, 0.4) is 0 Å². The van der Waals surface area contributed by atoms with Gasteiger partial charge in [0, 0.05) is 14.0 Å². The minimum atomic E-state index is -3.90. The van der Waals surface area contributed by atoms with Crippen molar-refractivity contribution in [3.8, 4) is 0 Å². The highest BCUT2D eigenvalue weighted by atomic mass is 32.2. The minimum Gasteiger partial charge on any atom is -0.367 e. The van der Waals surface area contributed by atoms with Crippen LogP contribution in [0.4, 0.5) is 0 Å². The molecule has 0 unspecified atom stereocenters. The molecule has 0 aliphatic carbocycles. The van der Waals surface area contributed by atoms with E-state index < -0.39 is 16.1 Å². The van der Waals surface area contributed by atoms with Crippen molar-refractivity contribution in [1.29, 1.82) is 0 Å². The maximum absolute atomic E-state index is 11.0. The number of nitrogens with one attached hydrogen (secondary N) is 2. The second-order valence-electron chi connectivity index (χ2n) is 1.98. The zero-order valence-electron chi connectivity index (χ0n) is 7.49. The third kappa shape index (κ3) is 5.47. The molecule has 0 saturated heterocycles. The molecule has 0 atom stereocenters. The third-order valence-electron chi connectivity index (χ3n) is 0.883. The number of amidine groups is 1. The molecule has 0 radical (unpaired) electrons. The molecule has 0 aromatic heterocycles. The molecule has 1 amide bonds. The second-order valence-corrected chi connectivity index (χ2v) is 4.12. The Labute approximate surface area is 81.4 Å². The smallest absolute Gasteiger partial charge is 0.346 e. The topological polar surface area (TPSA) is 87.6 Å². The van der Waals surface area contributed by atoms with Gasteiger partial charge in [-0.05, 0) is 6.26 Å². The summed E-state index contributed by atoms with van der Waals surface area (Å²) in [5.74, 6) is -0.666. The lowest BCUT2D eigenvalue weighted by atomic mass is 10.8. The number of nitrogens with zero attached hydrogens (tertiary/aromatic N) is 1. The number of rotatable bonds is 2. The zero-order chi connectivity index (χ0) is 10.5. The van der Waals surface area contributed by atoms with Crippen molar-refractivity contribution in [3.05, 3.63) is 0 Å². The number of carbonyl (C=O) groups excluding carboxylic acids is 1. The SMILES string of the molecule is CNC(=NS(=O)(=O)NC(C)=O)SC. The first-order valence-electron chi connectivity index (χ1n) is 3.26. The lowest BCUT2D eigenvalue weighted by Gasteiger charge is -2.02. The number of amides is 1. The van der Waals surface area contributed by atoms with Crippen molar-refractivity contribution in [2.24, 2.45) is 4.40 Å². The molecule has 0 saturated carbocycles. The van der Waals surface area contributed by atoms with Gasteiger partial charge in [-0.1, -0.05) is 11.8 Å². The van der Waals surface area contributed by atoms with Gasteiger partial charge in [0.05, 0.1) is 0 Å². The van der Waals surface area contributed by atoms with Crippen LogP contribution in [0.1, 0.15) is 6.92 Å². The van der Waals surface area contributed by atoms with Gasteiger partial charge in [0.2, 0.25) is 5.91 Å². The molecule has 76 valence electrons. The Morgan fingerprint density at radius 1 is 1.46 bits per heavy atom. The van der Waals surface area contributed by atoms with Crippen LogP contribution < -0.4 is 10.0 Å². The van der Waals surface area contributed by atoms with Crippen molar-refractivity contribution in [1.82, 2.24) is 10.0 Å². The summed E-state index contributed by atoms with van der Waals surface area (Å²) in [5, 5.41) is 2.78. The van der Waals surface area contributed by atoms with E-state index in [0.29, 0.717) is 0 Å². The molecule has 13 heavy (non-hydrogen) atoms. The van der Waals surface area contributed by atoms with Gasteiger partial charge >= 0.3 is 10.2 Å². The van der Waals surface area contributed by atoms with Gasteiger partial charge in [0.15, 0.2) is 5.17 Å². The van der Waals surface area contributed by atoms with Crippen LogP contribution in [-0.2, 0) is 15.0 Å². The maximum atomic E-state index is 11.0. The van der Waals surface area contributed by atoms with Gasteiger partial charge < -0.3 is 5.32 Å². The van der Waals surface area contributed by atoms with Gasteiger partial charge in [0.25, 0.3) is 0 Å². The number of hydrogen-bond donors (Lipinski definition) is 2. The Kier molecular flexibility index (Phi) is 4.78. The molecule has 8 heteroatoms. The molecule has 0 aromatic carbocycles. The Morgan fingerprint density at radius 3 is 2.31 bits per heavy atom. The first-order valence-corrected chi connectivity index (χ1v) is 5.92. The summed E-state index contributed by atoms with van der Waals surface area (Å²) >= 11 is 1.13. The van der Waals surface area contributed by atoms with E-state index in [0.717, 1.165) is 18.7 Å². The average Bonchev–Trinajstić information content (AvgIpc) is 1.97. The molecule has 0 spiro atoms. The van der Waals surface area contributed by atoms with Crippen LogP contribution in [0.15, 0.2) is 4.40 Å². The molecular formula is C5H11N3O3S2. The molecule has 6 nitrogen and oxygen atoms in total. The van der Waals surface area contributed by atoms with Crippen molar-refractivity contribution in [2.75, 3.05) is 13.3 Å². The van der Waals surface area contributed by atoms with Crippen molar-refractivity contribution >= 4 is 33.0 Å². The normalized spacial score (nSPS) is 12.4. The fraction of sp³-hybridized carbons (Fsp3) is 0.600. The van der Waals surface area contributed by atoms with Crippen LogP contribution in [-0.4, -0.2) is 32.8 Å². The maximum Gasteiger partial charge on any atom is 0.346 e. The van der Waals surface area contributed by atoms with E-state index in [1.54, 1.807) is 18.0 Å². The number of thioether (sulfide) groups is 1.